The smallest absolute Gasteiger partial charge is 0.258 e. The minimum absolute atomic E-state index is 0.0753. The van der Waals surface area contributed by atoms with Gasteiger partial charge in [-0.1, -0.05) is 0 Å². The topological polar surface area (TPSA) is 79.9 Å². The van der Waals surface area contributed by atoms with Crippen LogP contribution in [-0.2, 0) is 4.79 Å². The van der Waals surface area contributed by atoms with E-state index in [4.69, 9.17) is 4.74 Å². The van der Waals surface area contributed by atoms with E-state index < -0.39 is 17.5 Å². The van der Waals surface area contributed by atoms with Crippen molar-refractivity contribution in [1.82, 2.24) is 20.5 Å². The van der Waals surface area contributed by atoms with Crippen LogP contribution >= 0.6 is 0 Å². The average molecular weight is 282 g/mol. The second kappa shape index (κ2) is 6.09. The Morgan fingerprint density at radius 1 is 1.45 bits per heavy atom. The molecule has 20 heavy (non-hydrogen) atoms. The van der Waals surface area contributed by atoms with Crippen molar-refractivity contribution in [2.45, 2.75) is 13.0 Å². The molecule has 1 unspecified atom stereocenters. The first-order valence-electron chi connectivity index (χ1n) is 5.78. The summed E-state index contributed by atoms with van der Waals surface area (Å²) in [5, 5.41) is 8.90. The lowest BCUT2D eigenvalue weighted by Crippen LogP contribution is -2.31. The van der Waals surface area contributed by atoms with Crippen LogP contribution in [0, 0.1) is 11.6 Å². The summed E-state index contributed by atoms with van der Waals surface area (Å²) in [6.07, 6.45) is 1.33. The molecule has 0 aliphatic carbocycles. The van der Waals surface area contributed by atoms with Crippen molar-refractivity contribution < 1.29 is 18.3 Å². The molecule has 0 aliphatic rings. The number of nitrogens with zero attached hydrogens (tertiary/aromatic N) is 2. The fourth-order valence-corrected chi connectivity index (χ4v) is 1.49. The lowest BCUT2D eigenvalue weighted by Gasteiger charge is -2.11. The second-order valence-electron chi connectivity index (χ2n) is 4.02. The molecule has 0 fully saturated rings. The number of hydrogen-bond donors (Lipinski definition) is 2. The van der Waals surface area contributed by atoms with Gasteiger partial charge in [0.1, 0.15) is 17.9 Å². The van der Waals surface area contributed by atoms with Gasteiger partial charge in [-0.25, -0.2) is 13.8 Å². The maximum absolute atomic E-state index is 12.9. The number of amides is 1. The molecule has 106 valence electrons. The molecule has 2 aromatic rings. The number of halogens is 2. The molecule has 1 amide bonds. The van der Waals surface area contributed by atoms with E-state index in [1.807, 2.05) is 0 Å². The second-order valence-corrected chi connectivity index (χ2v) is 4.02. The quantitative estimate of drug-likeness (QED) is 0.867. The van der Waals surface area contributed by atoms with Crippen LogP contribution in [0.3, 0.4) is 0 Å². The largest absolute Gasteiger partial charge is 0.484 e. The number of aromatic nitrogens is 3. The van der Waals surface area contributed by atoms with E-state index >= 15 is 0 Å². The van der Waals surface area contributed by atoms with Crippen LogP contribution in [0.1, 0.15) is 18.8 Å². The predicted molar refractivity (Wildman–Crippen MR) is 64.8 cm³/mol. The first kappa shape index (κ1) is 13.9. The van der Waals surface area contributed by atoms with Crippen LogP contribution in [0.15, 0.2) is 24.5 Å². The molecular formula is C12H12F2N4O2. The molecule has 1 heterocycles. The van der Waals surface area contributed by atoms with Crippen LogP contribution in [-0.4, -0.2) is 27.7 Å². The minimum Gasteiger partial charge on any atom is -0.484 e. The molecule has 1 atom stereocenters. The molecule has 0 saturated carbocycles. The SMILES string of the molecule is CC(NC(=O)COc1ccc(F)c(F)c1)c1ncn[nH]1. The van der Waals surface area contributed by atoms with E-state index in [9.17, 15) is 13.6 Å². The van der Waals surface area contributed by atoms with Crippen molar-refractivity contribution in [2.24, 2.45) is 0 Å². The number of nitrogens with one attached hydrogen (secondary N) is 2. The van der Waals surface area contributed by atoms with Crippen LogP contribution in [0.5, 0.6) is 5.75 Å². The summed E-state index contributed by atoms with van der Waals surface area (Å²) in [5.41, 5.74) is 0. The molecule has 0 spiro atoms. The fourth-order valence-electron chi connectivity index (χ4n) is 1.49. The number of ether oxygens (including phenoxy) is 1. The van der Waals surface area contributed by atoms with Crippen molar-refractivity contribution in [2.75, 3.05) is 6.61 Å². The lowest BCUT2D eigenvalue weighted by atomic mass is 10.3. The zero-order chi connectivity index (χ0) is 14.5. The lowest BCUT2D eigenvalue weighted by molar-refractivity contribution is -0.123. The van der Waals surface area contributed by atoms with Gasteiger partial charge in [-0.3, -0.25) is 9.89 Å². The Bertz CT molecular complexity index is 589. The highest BCUT2D eigenvalue weighted by atomic mass is 19.2. The van der Waals surface area contributed by atoms with Crippen molar-refractivity contribution >= 4 is 5.91 Å². The Hall–Kier alpha value is -2.51. The number of hydrogen-bond acceptors (Lipinski definition) is 4. The van der Waals surface area contributed by atoms with Crippen LogP contribution in [0.4, 0.5) is 8.78 Å². The standard InChI is InChI=1S/C12H12F2N4O2/c1-7(12-15-6-16-18-12)17-11(19)5-20-8-2-3-9(13)10(14)4-8/h2-4,6-7H,5H2,1H3,(H,17,19)(H,15,16,18). The third-order valence-corrected chi connectivity index (χ3v) is 2.48. The van der Waals surface area contributed by atoms with Gasteiger partial charge in [-0.2, -0.15) is 5.10 Å². The van der Waals surface area contributed by atoms with Gasteiger partial charge < -0.3 is 10.1 Å². The molecule has 0 bridgehead atoms. The monoisotopic (exact) mass is 282 g/mol. The van der Waals surface area contributed by atoms with Gasteiger partial charge in [0, 0.05) is 6.07 Å². The zero-order valence-electron chi connectivity index (χ0n) is 10.6. The van der Waals surface area contributed by atoms with E-state index in [0.29, 0.717) is 5.82 Å². The molecule has 1 aromatic heterocycles. The van der Waals surface area contributed by atoms with Crippen molar-refractivity contribution in [3.8, 4) is 5.75 Å². The number of carbonyl (C=O) groups excluding carboxylic acids is 1. The summed E-state index contributed by atoms with van der Waals surface area (Å²) < 4.78 is 30.7. The van der Waals surface area contributed by atoms with Crippen molar-refractivity contribution in [3.63, 3.8) is 0 Å². The minimum atomic E-state index is -1.03. The van der Waals surface area contributed by atoms with Gasteiger partial charge >= 0.3 is 0 Å². The molecule has 0 radical (unpaired) electrons. The number of benzene rings is 1. The third-order valence-electron chi connectivity index (χ3n) is 2.48. The highest BCUT2D eigenvalue weighted by Gasteiger charge is 2.12. The summed E-state index contributed by atoms with van der Waals surface area (Å²) in [6, 6.07) is 2.69. The molecule has 1 aromatic carbocycles. The maximum atomic E-state index is 12.9. The summed E-state index contributed by atoms with van der Waals surface area (Å²) in [5.74, 6) is -1.84. The van der Waals surface area contributed by atoms with Crippen molar-refractivity contribution in [3.05, 3.63) is 42.0 Å². The Morgan fingerprint density at radius 3 is 2.90 bits per heavy atom. The van der Waals surface area contributed by atoms with Gasteiger partial charge in [0.15, 0.2) is 18.2 Å². The summed E-state index contributed by atoms with van der Waals surface area (Å²) in [7, 11) is 0. The molecule has 2 N–H and O–H groups in total. The number of rotatable bonds is 5. The summed E-state index contributed by atoms with van der Waals surface area (Å²) >= 11 is 0. The summed E-state index contributed by atoms with van der Waals surface area (Å²) in [6.45, 7) is 1.40. The highest BCUT2D eigenvalue weighted by molar-refractivity contribution is 5.77. The maximum Gasteiger partial charge on any atom is 0.258 e. The average Bonchev–Trinajstić information content (AvgIpc) is 2.94. The third kappa shape index (κ3) is 3.50. The van der Waals surface area contributed by atoms with Crippen molar-refractivity contribution in [1.29, 1.82) is 0 Å². The highest BCUT2D eigenvalue weighted by Crippen LogP contribution is 2.15. The molecule has 0 saturated heterocycles. The van der Waals surface area contributed by atoms with Crippen LogP contribution < -0.4 is 10.1 Å². The Morgan fingerprint density at radius 2 is 2.25 bits per heavy atom. The van der Waals surface area contributed by atoms with Crippen LogP contribution in [0.25, 0.3) is 0 Å². The van der Waals surface area contributed by atoms with Crippen LogP contribution in [0.2, 0.25) is 0 Å². The summed E-state index contributed by atoms with van der Waals surface area (Å²) in [4.78, 5) is 15.5. The Balaban J connectivity index is 1.84. The zero-order valence-corrected chi connectivity index (χ0v) is 10.6. The van der Waals surface area contributed by atoms with Gasteiger partial charge in [0.25, 0.3) is 5.91 Å². The number of aromatic amines is 1. The van der Waals surface area contributed by atoms with E-state index in [-0.39, 0.29) is 18.4 Å². The van der Waals surface area contributed by atoms with E-state index in [2.05, 4.69) is 20.5 Å². The number of carbonyl (C=O) groups is 1. The predicted octanol–water partition coefficient (Wildman–Crippen LogP) is 1.34. The normalized spacial score (nSPS) is 11.9. The van der Waals surface area contributed by atoms with Gasteiger partial charge in [-0.05, 0) is 19.1 Å². The van der Waals surface area contributed by atoms with E-state index in [0.717, 1.165) is 12.1 Å². The molecule has 2 rings (SSSR count). The Kier molecular flexibility index (Phi) is 4.24. The first-order valence-corrected chi connectivity index (χ1v) is 5.78. The van der Waals surface area contributed by atoms with E-state index in [1.165, 1.54) is 12.4 Å². The van der Waals surface area contributed by atoms with Gasteiger partial charge in [0.2, 0.25) is 0 Å². The van der Waals surface area contributed by atoms with Gasteiger partial charge in [0.05, 0.1) is 6.04 Å². The molecule has 0 aliphatic heterocycles. The fraction of sp³-hybridized carbons (Fsp3) is 0.250. The first-order chi connectivity index (χ1) is 9.56. The number of H-pyrrole nitrogens is 1. The molecular weight excluding hydrogens is 270 g/mol. The Labute approximate surface area is 113 Å². The van der Waals surface area contributed by atoms with E-state index in [1.54, 1.807) is 6.92 Å². The molecule has 6 nitrogen and oxygen atoms in total. The van der Waals surface area contributed by atoms with Gasteiger partial charge in [-0.15, -0.1) is 0 Å². The molecule has 8 heteroatoms.